The van der Waals surface area contributed by atoms with Crippen molar-refractivity contribution in [2.75, 3.05) is 6.54 Å². The summed E-state index contributed by atoms with van der Waals surface area (Å²) in [6, 6.07) is 1.56. The van der Waals surface area contributed by atoms with Crippen molar-refractivity contribution >= 4 is 0 Å². The number of aliphatic hydroxyl groups excluding tert-OH is 1. The van der Waals surface area contributed by atoms with Crippen LogP contribution in [0.4, 0.5) is 4.39 Å². The Morgan fingerprint density at radius 1 is 1.44 bits per heavy atom. The van der Waals surface area contributed by atoms with Gasteiger partial charge in [0.2, 0.25) is 0 Å². The summed E-state index contributed by atoms with van der Waals surface area (Å²) in [4.78, 5) is 3.85. The van der Waals surface area contributed by atoms with E-state index in [-0.39, 0.29) is 18.0 Å². The average Bonchev–Trinajstić information content (AvgIpc) is 2.37. The fourth-order valence-electron chi connectivity index (χ4n) is 2.54. The van der Waals surface area contributed by atoms with Gasteiger partial charge in [0.05, 0.1) is 12.3 Å². The Hall–Kier alpha value is -1.00. The molecule has 3 nitrogen and oxygen atoms in total. The Bertz CT molecular complexity index is 386. The van der Waals surface area contributed by atoms with Gasteiger partial charge in [-0.2, -0.15) is 0 Å². The molecule has 1 aliphatic carbocycles. The summed E-state index contributed by atoms with van der Waals surface area (Å²) in [5.41, 5.74) is 0.847. The molecule has 1 saturated carbocycles. The molecule has 18 heavy (non-hydrogen) atoms. The Balaban J connectivity index is 1.86. The Kier molecular flexibility index (Phi) is 4.66. The minimum Gasteiger partial charge on any atom is -0.393 e. The molecule has 0 bridgehead atoms. The van der Waals surface area contributed by atoms with E-state index in [1.54, 1.807) is 6.20 Å². The average molecular weight is 252 g/mol. The van der Waals surface area contributed by atoms with Crippen molar-refractivity contribution < 1.29 is 9.50 Å². The molecule has 0 aliphatic heterocycles. The van der Waals surface area contributed by atoms with Gasteiger partial charge in [-0.15, -0.1) is 0 Å². The number of aromatic nitrogens is 1. The van der Waals surface area contributed by atoms with Crippen LogP contribution in [0.5, 0.6) is 0 Å². The molecule has 1 aliphatic rings. The topological polar surface area (TPSA) is 45.1 Å². The summed E-state index contributed by atoms with van der Waals surface area (Å²) in [5.74, 6) is 0.0153. The lowest BCUT2D eigenvalue weighted by Crippen LogP contribution is -2.35. The smallest absolute Gasteiger partial charge is 0.141 e. The molecule has 0 aromatic carbocycles. The number of halogens is 1. The number of aliphatic hydroxyl groups is 1. The van der Waals surface area contributed by atoms with Gasteiger partial charge < -0.3 is 10.4 Å². The summed E-state index contributed by atoms with van der Waals surface area (Å²) in [5, 5.41) is 13.2. The fraction of sp³-hybridized carbons (Fsp3) is 0.643. The molecule has 1 heterocycles. The highest BCUT2D eigenvalue weighted by atomic mass is 19.1. The second kappa shape index (κ2) is 6.25. The first-order valence-corrected chi connectivity index (χ1v) is 6.68. The lowest BCUT2D eigenvalue weighted by molar-refractivity contribution is 0.0684. The monoisotopic (exact) mass is 252 g/mol. The third-order valence-electron chi connectivity index (χ3n) is 3.78. The van der Waals surface area contributed by atoms with E-state index in [1.807, 2.05) is 6.92 Å². The maximum Gasteiger partial charge on any atom is 0.141 e. The molecular weight excluding hydrogens is 231 g/mol. The zero-order valence-corrected chi connectivity index (χ0v) is 10.8. The molecule has 3 unspecified atom stereocenters. The van der Waals surface area contributed by atoms with Gasteiger partial charge in [0, 0.05) is 18.8 Å². The number of hydrogen-bond acceptors (Lipinski definition) is 3. The first-order valence-electron chi connectivity index (χ1n) is 6.68. The standard InChI is InChI=1S/C14H21FN2O/c1-10(12-6-13(15)9-16-7-12)17-8-11-4-2-3-5-14(11)18/h6-7,9-11,14,17-18H,2-5,8H2,1H3. The molecule has 100 valence electrons. The van der Waals surface area contributed by atoms with Gasteiger partial charge in [0.15, 0.2) is 0 Å². The second-order valence-corrected chi connectivity index (χ2v) is 5.18. The van der Waals surface area contributed by atoms with Crippen molar-refractivity contribution in [3.63, 3.8) is 0 Å². The lowest BCUT2D eigenvalue weighted by atomic mass is 9.86. The van der Waals surface area contributed by atoms with E-state index in [9.17, 15) is 9.50 Å². The molecule has 4 heteroatoms. The van der Waals surface area contributed by atoms with Gasteiger partial charge in [-0.05, 0) is 37.3 Å². The highest BCUT2D eigenvalue weighted by Gasteiger charge is 2.23. The second-order valence-electron chi connectivity index (χ2n) is 5.18. The van der Waals surface area contributed by atoms with Crippen LogP contribution < -0.4 is 5.32 Å². The Morgan fingerprint density at radius 3 is 2.94 bits per heavy atom. The number of rotatable bonds is 4. The SMILES string of the molecule is CC(NCC1CCCCC1O)c1cncc(F)c1. The van der Waals surface area contributed by atoms with Crippen molar-refractivity contribution in [2.24, 2.45) is 5.92 Å². The van der Waals surface area contributed by atoms with E-state index in [0.717, 1.165) is 31.4 Å². The first kappa shape index (κ1) is 13.4. The van der Waals surface area contributed by atoms with Crippen LogP contribution in [0, 0.1) is 11.7 Å². The van der Waals surface area contributed by atoms with Crippen molar-refractivity contribution in [2.45, 2.75) is 44.8 Å². The summed E-state index contributed by atoms with van der Waals surface area (Å²) >= 11 is 0. The number of nitrogens with one attached hydrogen (secondary N) is 1. The Labute approximate surface area is 107 Å². The minimum absolute atomic E-state index is 0.0577. The molecule has 3 atom stereocenters. The molecule has 0 amide bonds. The molecule has 0 radical (unpaired) electrons. The largest absolute Gasteiger partial charge is 0.393 e. The van der Waals surface area contributed by atoms with Crippen LogP contribution in [0.15, 0.2) is 18.5 Å². The van der Waals surface area contributed by atoms with E-state index in [2.05, 4.69) is 10.3 Å². The first-order chi connectivity index (χ1) is 8.66. The highest BCUT2D eigenvalue weighted by molar-refractivity contribution is 5.14. The molecule has 1 aromatic rings. The van der Waals surface area contributed by atoms with Crippen LogP contribution in [0.3, 0.4) is 0 Å². The van der Waals surface area contributed by atoms with Crippen molar-refractivity contribution in [3.05, 3.63) is 29.8 Å². The van der Waals surface area contributed by atoms with Crippen LogP contribution in [0.2, 0.25) is 0 Å². The highest BCUT2D eigenvalue weighted by Crippen LogP contribution is 2.24. The van der Waals surface area contributed by atoms with Gasteiger partial charge in [0.25, 0.3) is 0 Å². The predicted molar refractivity (Wildman–Crippen MR) is 68.6 cm³/mol. The molecule has 0 spiro atoms. The van der Waals surface area contributed by atoms with Crippen LogP contribution in [-0.2, 0) is 0 Å². The summed E-state index contributed by atoms with van der Waals surface area (Å²) in [6.07, 6.45) is 6.99. The summed E-state index contributed by atoms with van der Waals surface area (Å²) in [6.45, 7) is 2.77. The maximum atomic E-state index is 13.1. The molecule has 1 fully saturated rings. The van der Waals surface area contributed by atoms with Crippen LogP contribution in [0.25, 0.3) is 0 Å². The lowest BCUT2D eigenvalue weighted by Gasteiger charge is -2.29. The van der Waals surface area contributed by atoms with E-state index < -0.39 is 0 Å². The Morgan fingerprint density at radius 2 is 2.22 bits per heavy atom. The van der Waals surface area contributed by atoms with Gasteiger partial charge in [0.1, 0.15) is 5.82 Å². The van der Waals surface area contributed by atoms with Gasteiger partial charge >= 0.3 is 0 Å². The zero-order chi connectivity index (χ0) is 13.0. The molecular formula is C14H21FN2O. The van der Waals surface area contributed by atoms with Gasteiger partial charge in [-0.25, -0.2) is 4.39 Å². The van der Waals surface area contributed by atoms with Crippen LogP contribution in [0.1, 0.15) is 44.2 Å². The zero-order valence-electron chi connectivity index (χ0n) is 10.8. The fourth-order valence-corrected chi connectivity index (χ4v) is 2.54. The van der Waals surface area contributed by atoms with Crippen molar-refractivity contribution in [1.29, 1.82) is 0 Å². The van der Waals surface area contributed by atoms with E-state index in [4.69, 9.17) is 0 Å². The van der Waals surface area contributed by atoms with Crippen molar-refractivity contribution in [1.82, 2.24) is 10.3 Å². The van der Waals surface area contributed by atoms with Crippen LogP contribution in [-0.4, -0.2) is 22.7 Å². The molecule has 0 saturated heterocycles. The molecule has 2 N–H and O–H groups in total. The number of hydrogen-bond donors (Lipinski definition) is 2. The summed E-state index contributed by atoms with van der Waals surface area (Å²) in [7, 11) is 0. The quantitative estimate of drug-likeness (QED) is 0.865. The van der Waals surface area contributed by atoms with Crippen LogP contribution >= 0.6 is 0 Å². The molecule has 2 rings (SSSR count). The third kappa shape index (κ3) is 3.50. The van der Waals surface area contributed by atoms with E-state index in [0.29, 0.717) is 5.92 Å². The molecule has 1 aromatic heterocycles. The van der Waals surface area contributed by atoms with Gasteiger partial charge in [-0.3, -0.25) is 4.98 Å². The maximum absolute atomic E-state index is 13.1. The minimum atomic E-state index is -0.307. The normalized spacial score (nSPS) is 25.9. The predicted octanol–water partition coefficient (Wildman–Crippen LogP) is 2.42. The van der Waals surface area contributed by atoms with Gasteiger partial charge in [-0.1, -0.05) is 12.8 Å². The number of nitrogens with zero attached hydrogens (tertiary/aromatic N) is 1. The summed E-state index contributed by atoms with van der Waals surface area (Å²) < 4.78 is 13.1. The number of pyridine rings is 1. The van der Waals surface area contributed by atoms with E-state index >= 15 is 0 Å². The van der Waals surface area contributed by atoms with Crippen molar-refractivity contribution in [3.8, 4) is 0 Å². The third-order valence-corrected chi connectivity index (χ3v) is 3.78. The van der Waals surface area contributed by atoms with E-state index in [1.165, 1.54) is 18.7 Å².